The molecule has 2 rings (SSSR count). The molecule has 0 saturated carbocycles. The number of hydrogen-bond donors (Lipinski definition) is 1. The molecule has 0 radical (unpaired) electrons. The molecule has 1 heterocycles. The highest BCUT2D eigenvalue weighted by molar-refractivity contribution is 9.10. The third-order valence-corrected chi connectivity index (χ3v) is 4.15. The van der Waals surface area contributed by atoms with E-state index < -0.39 is 0 Å². The van der Waals surface area contributed by atoms with Gasteiger partial charge in [-0.15, -0.1) is 0 Å². The van der Waals surface area contributed by atoms with Crippen molar-refractivity contribution < 1.29 is 4.42 Å². The summed E-state index contributed by atoms with van der Waals surface area (Å²) in [5.41, 5.74) is 0.639. The van der Waals surface area contributed by atoms with E-state index in [9.17, 15) is 0 Å². The van der Waals surface area contributed by atoms with Gasteiger partial charge in [-0.3, -0.25) is 0 Å². The first-order valence-corrected chi connectivity index (χ1v) is 6.89. The van der Waals surface area contributed by atoms with Gasteiger partial charge < -0.3 is 9.73 Å². The predicted octanol–water partition coefficient (Wildman–Crippen LogP) is 5.17. The van der Waals surface area contributed by atoms with E-state index in [1.165, 1.54) is 0 Å². The van der Waals surface area contributed by atoms with Crippen molar-refractivity contribution in [2.75, 3.05) is 6.54 Å². The fraction of sp³-hybridized carbons (Fsp3) is 0.333. The maximum atomic E-state index is 6.21. The van der Waals surface area contributed by atoms with Gasteiger partial charge in [0.1, 0.15) is 5.76 Å². The molecule has 17 heavy (non-hydrogen) atoms. The fourth-order valence-corrected chi connectivity index (χ4v) is 2.76. The Labute approximate surface area is 118 Å². The molecule has 2 aromatic rings. The second-order valence-corrected chi connectivity index (χ2v) is 5.46. The molecule has 0 spiro atoms. The van der Waals surface area contributed by atoms with Crippen LogP contribution in [0.2, 0.25) is 10.0 Å². The normalized spacial score (nSPS) is 13.2. The lowest BCUT2D eigenvalue weighted by molar-refractivity contribution is 0.459. The van der Waals surface area contributed by atoms with E-state index in [1.807, 2.05) is 13.0 Å². The first-order valence-electron chi connectivity index (χ1n) is 5.35. The van der Waals surface area contributed by atoms with Crippen LogP contribution in [-0.4, -0.2) is 6.54 Å². The molecule has 0 saturated heterocycles. The van der Waals surface area contributed by atoms with Crippen LogP contribution in [-0.2, 0) is 0 Å². The van der Waals surface area contributed by atoms with E-state index in [2.05, 4.69) is 28.2 Å². The minimum Gasteiger partial charge on any atom is -0.458 e. The molecule has 1 aromatic heterocycles. The molecule has 0 aliphatic rings. The number of halogens is 3. The van der Waals surface area contributed by atoms with Crippen molar-refractivity contribution in [1.82, 2.24) is 5.32 Å². The van der Waals surface area contributed by atoms with Crippen LogP contribution in [0.15, 0.2) is 21.0 Å². The van der Waals surface area contributed by atoms with Crippen LogP contribution in [0.25, 0.3) is 11.0 Å². The monoisotopic (exact) mass is 335 g/mol. The molecule has 0 aliphatic carbocycles. The number of rotatable bonds is 3. The molecule has 0 aliphatic heterocycles. The maximum Gasteiger partial charge on any atom is 0.154 e. The highest BCUT2D eigenvalue weighted by Gasteiger charge is 2.16. The Balaban J connectivity index is 2.57. The number of fused-ring (bicyclic) bond motifs is 1. The lowest BCUT2D eigenvalue weighted by atomic mass is 10.2. The van der Waals surface area contributed by atoms with E-state index in [-0.39, 0.29) is 6.04 Å². The van der Waals surface area contributed by atoms with Crippen LogP contribution in [0, 0.1) is 0 Å². The first kappa shape index (κ1) is 13.2. The topological polar surface area (TPSA) is 25.2 Å². The van der Waals surface area contributed by atoms with Gasteiger partial charge >= 0.3 is 0 Å². The van der Waals surface area contributed by atoms with Gasteiger partial charge in [0, 0.05) is 9.86 Å². The van der Waals surface area contributed by atoms with Gasteiger partial charge in [-0.25, -0.2) is 0 Å². The molecule has 0 bridgehead atoms. The van der Waals surface area contributed by atoms with Gasteiger partial charge in [0.25, 0.3) is 0 Å². The smallest absolute Gasteiger partial charge is 0.154 e. The van der Waals surface area contributed by atoms with Crippen LogP contribution < -0.4 is 5.32 Å². The van der Waals surface area contributed by atoms with Gasteiger partial charge in [-0.05, 0) is 41.5 Å². The van der Waals surface area contributed by atoms with Crippen LogP contribution in [0.3, 0.4) is 0 Å². The Morgan fingerprint density at radius 1 is 1.41 bits per heavy atom. The van der Waals surface area contributed by atoms with Gasteiger partial charge in [0.15, 0.2) is 5.58 Å². The van der Waals surface area contributed by atoms with Crippen molar-refractivity contribution in [3.8, 4) is 0 Å². The standard InChI is InChI=1S/C12H12BrCl2NO/c1-3-16-6(2)10-4-7-11(15)8(13)5-9(14)12(7)17-10/h4-6,16H,3H2,1-2H3. The first-order chi connectivity index (χ1) is 8.04. The molecule has 1 atom stereocenters. The summed E-state index contributed by atoms with van der Waals surface area (Å²) >= 11 is 15.7. The highest BCUT2D eigenvalue weighted by atomic mass is 79.9. The Bertz CT molecular complexity index is 553. The van der Waals surface area contributed by atoms with Crippen molar-refractivity contribution >= 4 is 50.1 Å². The molecule has 1 unspecified atom stereocenters. The van der Waals surface area contributed by atoms with E-state index in [4.69, 9.17) is 27.6 Å². The molecular formula is C12H12BrCl2NO. The third-order valence-electron chi connectivity index (χ3n) is 2.60. The molecule has 2 nitrogen and oxygen atoms in total. The van der Waals surface area contributed by atoms with Crippen LogP contribution in [0.4, 0.5) is 0 Å². The van der Waals surface area contributed by atoms with Crippen LogP contribution >= 0.6 is 39.1 Å². The van der Waals surface area contributed by atoms with E-state index in [0.717, 1.165) is 22.2 Å². The second-order valence-electron chi connectivity index (χ2n) is 3.83. The number of nitrogens with one attached hydrogen (secondary N) is 1. The predicted molar refractivity (Wildman–Crippen MR) is 76.0 cm³/mol. The molecule has 1 aromatic carbocycles. The summed E-state index contributed by atoms with van der Waals surface area (Å²) in [5.74, 6) is 0.837. The zero-order valence-corrected chi connectivity index (χ0v) is 12.6. The summed E-state index contributed by atoms with van der Waals surface area (Å²) in [7, 11) is 0. The highest BCUT2D eigenvalue weighted by Crippen LogP contribution is 2.38. The SMILES string of the molecule is CCNC(C)c1cc2c(Cl)c(Br)cc(Cl)c2o1. The van der Waals surface area contributed by atoms with Gasteiger partial charge in [0.05, 0.1) is 16.1 Å². The van der Waals surface area contributed by atoms with Crippen LogP contribution in [0.5, 0.6) is 0 Å². The fourth-order valence-electron chi connectivity index (χ4n) is 1.74. The summed E-state index contributed by atoms with van der Waals surface area (Å²) in [6.07, 6.45) is 0. The average molecular weight is 337 g/mol. The lowest BCUT2D eigenvalue weighted by Crippen LogP contribution is -2.16. The molecule has 5 heteroatoms. The minimum absolute atomic E-state index is 0.137. The largest absolute Gasteiger partial charge is 0.458 e. The maximum absolute atomic E-state index is 6.21. The van der Waals surface area contributed by atoms with Gasteiger partial charge in [-0.2, -0.15) is 0 Å². The zero-order valence-electron chi connectivity index (χ0n) is 9.48. The summed E-state index contributed by atoms with van der Waals surface area (Å²) in [6.45, 7) is 4.97. The molecule has 92 valence electrons. The molecule has 0 fully saturated rings. The Morgan fingerprint density at radius 3 is 2.76 bits per heavy atom. The quantitative estimate of drug-likeness (QED) is 0.782. The summed E-state index contributed by atoms with van der Waals surface area (Å²) in [6, 6.07) is 3.82. The average Bonchev–Trinajstić information content (AvgIpc) is 2.72. The third kappa shape index (κ3) is 2.48. The Kier molecular flexibility index (Phi) is 4.03. The van der Waals surface area contributed by atoms with E-state index in [0.29, 0.717) is 15.6 Å². The summed E-state index contributed by atoms with van der Waals surface area (Å²) in [4.78, 5) is 0. The van der Waals surface area contributed by atoms with Crippen molar-refractivity contribution in [2.45, 2.75) is 19.9 Å². The van der Waals surface area contributed by atoms with E-state index in [1.54, 1.807) is 6.07 Å². The molecular weight excluding hydrogens is 325 g/mol. The zero-order chi connectivity index (χ0) is 12.6. The minimum atomic E-state index is 0.137. The van der Waals surface area contributed by atoms with Crippen LogP contribution in [0.1, 0.15) is 25.6 Å². The van der Waals surface area contributed by atoms with Crippen molar-refractivity contribution in [1.29, 1.82) is 0 Å². The number of hydrogen-bond acceptors (Lipinski definition) is 2. The van der Waals surface area contributed by atoms with Gasteiger partial charge in [-0.1, -0.05) is 30.1 Å². The van der Waals surface area contributed by atoms with Crippen molar-refractivity contribution in [3.05, 3.63) is 32.4 Å². The van der Waals surface area contributed by atoms with E-state index >= 15 is 0 Å². The summed E-state index contributed by atoms with van der Waals surface area (Å²) < 4.78 is 6.53. The molecule has 0 amide bonds. The lowest BCUT2D eigenvalue weighted by Gasteiger charge is -2.07. The Morgan fingerprint density at radius 2 is 2.12 bits per heavy atom. The summed E-state index contributed by atoms with van der Waals surface area (Å²) in [5, 5.41) is 5.31. The molecule has 1 N–H and O–H groups in total. The number of furan rings is 1. The second kappa shape index (κ2) is 5.19. The van der Waals surface area contributed by atoms with Gasteiger partial charge in [0.2, 0.25) is 0 Å². The Hall–Kier alpha value is -0.220. The number of benzene rings is 1. The van der Waals surface area contributed by atoms with Crippen molar-refractivity contribution in [2.24, 2.45) is 0 Å². The van der Waals surface area contributed by atoms with Crippen molar-refractivity contribution in [3.63, 3.8) is 0 Å².